The van der Waals surface area contributed by atoms with Gasteiger partial charge in [0, 0.05) is 13.0 Å². The molecule has 12 nitrogen and oxygen atoms in total. The van der Waals surface area contributed by atoms with E-state index < -0.39 is 48.4 Å². The normalized spacial score (nSPS) is 13.1. The van der Waals surface area contributed by atoms with Gasteiger partial charge in [-0.25, -0.2) is 4.79 Å². The van der Waals surface area contributed by atoms with Crippen LogP contribution in [0.15, 0.2) is 35.3 Å². The van der Waals surface area contributed by atoms with E-state index in [1.807, 2.05) is 12.3 Å². The number of nitrogens with zero attached hydrogens (tertiary/aromatic N) is 1. The monoisotopic (exact) mass is 509 g/mol. The van der Waals surface area contributed by atoms with E-state index in [0.717, 1.165) is 5.56 Å². The van der Waals surface area contributed by atoms with E-state index in [-0.39, 0.29) is 18.8 Å². The maximum absolute atomic E-state index is 12.9. The van der Waals surface area contributed by atoms with Gasteiger partial charge in [-0.2, -0.15) is 11.8 Å². The number of amides is 3. The molecule has 35 heavy (non-hydrogen) atoms. The Bertz CT molecular complexity index is 865. The van der Waals surface area contributed by atoms with Crippen molar-refractivity contribution in [3.05, 3.63) is 35.9 Å². The number of rotatable bonds is 16. The molecule has 0 aromatic heterocycles. The molecule has 0 aliphatic carbocycles. The molecule has 0 aliphatic rings. The van der Waals surface area contributed by atoms with Crippen molar-refractivity contribution in [2.75, 3.05) is 25.1 Å². The van der Waals surface area contributed by atoms with Crippen LogP contribution in [-0.4, -0.2) is 78.0 Å². The second-order valence-electron chi connectivity index (χ2n) is 7.76. The summed E-state index contributed by atoms with van der Waals surface area (Å²) in [6.45, 7) is -0.0673. The van der Waals surface area contributed by atoms with Crippen LogP contribution in [0.3, 0.4) is 0 Å². The standard InChI is InChI=1S/C22H35N7O5S/c1-35-11-9-16(21(33)34)29-20(32)17(12-14-6-3-2-4-7-14)28-18(30)13-27-19(31)15(23)8-5-10-26-22(24)25/h2-4,6-7,15-17H,5,8-13,23H2,1H3,(H,27,31)(H,28,30)(H,29,32)(H,33,34)(H4,24,25,26). The summed E-state index contributed by atoms with van der Waals surface area (Å²) < 4.78 is 0. The molecule has 1 aromatic rings. The van der Waals surface area contributed by atoms with Crippen LogP contribution in [0, 0.1) is 0 Å². The maximum atomic E-state index is 12.9. The predicted molar refractivity (Wildman–Crippen MR) is 136 cm³/mol. The fourth-order valence-electron chi connectivity index (χ4n) is 3.02. The number of carbonyl (C=O) groups excluding carboxylic acids is 3. The van der Waals surface area contributed by atoms with Gasteiger partial charge in [-0.3, -0.25) is 19.4 Å². The Hall–Kier alpha value is -3.32. The first kappa shape index (κ1) is 29.7. The van der Waals surface area contributed by atoms with Gasteiger partial charge in [0.2, 0.25) is 17.7 Å². The number of aliphatic carboxylic acids is 1. The molecular formula is C22H35N7O5S. The van der Waals surface area contributed by atoms with Gasteiger partial charge in [0.25, 0.3) is 0 Å². The molecule has 0 spiro atoms. The lowest BCUT2D eigenvalue weighted by molar-refractivity contribution is -0.142. The van der Waals surface area contributed by atoms with Crippen LogP contribution in [-0.2, 0) is 25.6 Å². The molecule has 0 aliphatic heterocycles. The lowest BCUT2D eigenvalue weighted by atomic mass is 10.0. The van der Waals surface area contributed by atoms with Crippen LogP contribution in [0.25, 0.3) is 0 Å². The zero-order valence-electron chi connectivity index (χ0n) is 19.7. The highest BCUT2D eigenvalue weighted by atomic mass is 32.2. The van der Waals surface area contributed by atoms with Crippen molar-refractivity contribution in [1.29, 1.82) is 0 Å². The van der Waals surface area contributed by atoms with E-state index in [2.05, 4.69) is 20.9 Å². The summed E-state index contributed by atoms with van der Waals surface area (Å²) in [6, 6.07) is 6.01. The Labute approximate surface area is 208 Å². The summed E-state index contributed by atoms with van der Waals surface area (Å²) in [6.07, 6.45) is 3.02. The average Bonchev–Trinajstić information content (AvgIpc) is 2.82. The lowest BCUT2D eigenvalue weighted by Gasteiger charge is -2.22. The number of nitrogens with one attached hydrogen (secondary N) is 3. The fraction of sp³-hybridized carbons (Fsp3) is 0.500. The molecule has 0 fully saturated rings. The van der Waals surface area contributed by atoms with Crippen LogP contribution in [0.4, 0.5) is 0 Å². The highest BCUT2D eigenvalue weighted by molar-refractivity contribution is 7.98. The minimum Gasteiger partial charge on any atom is -0.480 e. The van der Waals surface area contributed by atoms with E-state index in [1.165, 1.54) is 11.8 Å². The Morgan fingerprint density at radius 1 is 1.03 bits per heavy atom. The number of thioether (sulfide) groups is 1. The van der Waals surface area contributed by atoms with Crippen molar-refractivity contribution in [2.45, 2.75) is 43.8 Å². The van der Waals surface area contributed by atoms with E-state index in [1.54, 1.807) is 24.3 Å². The third-order valence-corrected chi connectivity index (χ3v) is 5.53. The van der Waals surface area contributed by atoms with Gasteiger partial charge in [0.1, 0.15) is 12.1 Å². The van der Waals surface area contributed by atoms with Gasteiger partial charge in [0.05, 0.1) is 12.6 Å². The Morgan fingerprint density at radius 3 is 2.31 bits per heavy atom. The lowest BCUT2D eigenvalue weighted by Crippen LogP contribution is -2.54. The van der Waals surface area contributed by atoms with Crippen molar-refractivity contribution in [1.82, 2.24) is 16.0 Å². The van der Waals surface area contributed by atoms with E-state index in [4.69, 9.17) is 17.2 Å². The van der Waals surface area contributed by atoms with Crippen molar-refractivity contribution in [3.8, 4) is 0 Å². The minimum atomic E-state index is -1.15. The van der Waals surface area contributed by atoms with E-state index >= 15 is 0 Å². The molecule has 10 N–H and O–H groups in total. The highest BCUT2D eigenvalue weighted by Crippen LogP contribution is 2.06. The summed E-state index contributed by atoms with van der Waals surface area (Å²) in [5.74, 6) is -2.43. The summed E-state index contributed by atoms with van der Waals surface area (Å²) in [5, 5.41) is 16.9. The largest absolute Gasteiger partial charge is 0.480 e. The molecular weight excluding hydrogens is 474 g/mol. The number of benzene rings is 1. The van der Waals surface area contributed by atoms with Gasteiger partial charge >= 0.3 is 5.97 Å². The van der Waals surface area contributed by atoms with Crippen LogP contribution < -0.4 is 33.2 Å². The van der Waals surface area contributed by atoms with Gasteiger partial charge in [-0.1, -0.05) is 30.3 Å². The fourth-order valence-corrected chi connectivity index (χ4v) is 3.49. The first-order valence-corrected chi connectivity index (χ1v) is 12.5. The van der Waals surface area contributed by atoms with Gasteiger partial charge in [-0.05, 0) is 36.8 Å². The van der Waals surface area contributed by atoms with Gasteiger partial charge in [0.15, 0.2) is 5.96 Å². The van der Waals surface area contributed by atoms with Crippen molar-refractivity contribution < 1.29 is 24.3 Å². The molecule has 3 atom stereocenters. The third-order valence-electron chi connectivity index (χ3n) is 4.89. The van der Waals surface area contributed by atoms with Gasteiger partial charge < -0.3 is 38.3 Å². The minimum absolute atomic E-state index is 0.0484. The first-order valence-electron chi connectivity index (χ1n) is 11.1. The number of carbonyl (C=O) groups is 4. The molecule has 0 saturated heterocycles. The molecule has 3 unspecified atom stereocenters. The quantitative estimate of drug-likeness (QED) is 0.0785. The topological polar surface area (TPSA) is 215 Å². The number of hydrogen-bond acceptors (Lipinski definition) is 7. The maximum Gasteiger partial charge on any atom is 0.326 e. The average molecular weight is 510 g/mol. The summed E-state index contributed by atoms with van der Waals surface area (Å²) in [5.41, 5.74) is 17.1. The third kappa shape index (κ3) is 12.6. The van der Waals surface area contributed by atoms with E-state index in [9.17, 15) is 24.3 Å². The molecule has 3 amide bonds. The molecule has 0 saturated carbocycles. The SMILES string of the molecule is CSCCC(NC(=O)C(Cc1ccccc1)NC(=O)CNC(=O)C(N)CCCN=C(N)N)C(=O)O. The van der Waals surface area contributed by atoms with E-state index in [0.29, 0.717) is 25.1 Å². The summed E-state index contributed by atoms with van der Waals surface area (Å²) in [7, 11) is 0. The number of carboxylic acids is 1. The molecule has 1 aromatic carbocycles. The molecule has 0 heterocycles. The number of carboxylic acid groups (broad SMARTS) is 1. The predicted octanol–water partition coefficient (Wildman–Crippen LogP) is -1.47. The Morgan fingerprint density at radius 2 is 1.71 bits per heavy atom. The summed E-state index contributed by atoms with van der Waals surface area (Å²) in [4.78, 5) is 52.8. The molecule has 0 bridgehead atoms. The first-order chi connectivity index (χ1) is 16.6. The van der Waals surface area contributed by atoms with Gasteiger partial charge in [-0.15, -0.1) is 0 Å². The smallest absolute Gasteiger partial charge is 0.326 e. The second kappa shape index (κ2) is 16.3. The number of hydrogen-bond donors (Lipinski definition) is 7. The van der Waals surface area contributed by atoms with Crippen molar-refractivity contribution >= 4 is 41.4 Å². The summed E-state index contributed by atoms with van der Waals surface area (Å²) >= 11 is 1.46. The Balaban J connectivity index is 2.72. The zero-order chi connectivity index (χ0) is 26.2. The van der Waals surface area contributed by atoms with Crippen molar-refractivity contribution in [2.24, 2.45) is 22.2 Å². The van der Waals surface area contributed by atoms with Crippen LogP contribution >= 0.6 is 11.8 Å². The number of guanidine groups is 1. The molecule has 0 radical (unpaired) electrons. The number of aliphatic imine (C=N–C) groups is 1. The zero-order valence-corrected chi connectivity index (χ0v) is 20.6. The molecule has 1 rings (SSSR count). The van der Waals surface area contributed by atoms with Crippen LogP contribution in [0.2, 0.25) is 0 Å². The number of nitrogens with two attached hydrogens (primary N) is 3. The highest BCUT2D eigenvalue weighted by Gasteiger charge is 2.27. The second-order valence-corrected chi connectivity index (χ2v) is 8.75. The molecule has 194 valence electrons. The van der Waals surface area contributed by atoms with Crippen molar-refractivity contribution in [3.63, 3.8) is 0 Å². The Kier molecular flexibility index (Phi) is 13.9. The van der Waals surface area contributed by atoms with Crippen LogP contribution in [0.1, 0.15) is 24.8 Å². The van der Waals surface area contributed by atoms with Crippen LogP contribution in [0.5, 0.6) is 0 Å². The molecule has 13 heteroatoms.